The second kappa shape index (κ2) is 6.46. The summed E-state index contributed by atoms with van der Waals surface area (Å²) in [4.78, 5) is 41.8. The molecule has 1 aliphatic rings. The Balaban J connectivity index is 1.85. The van der Waals surface area contributed by atoms with Gasteiger partial charge in [-0.15, -0.1) is 0 Å². The molecular weight excluding hydrogens is 342 g/mol. The van der Waals surface area contributed by atoms with Crippen molar-refractivity contribution in [2.45, 2.75) is 12.8 Å². The molecule has 0 amide bonds. The fraction of sp³-hybridized carbons (Fsp3) is 0.238. The van der Waals surface area contributed by atoms with E-state index in [1.165, 1.54) is 17.8 Å². The van der Waals surface area contributed by atoms with Crippen LogP contribution in [0.25, 0.3) is 17.1 Å². The topological polar surface area (TPSA) is 74.0 Å². The first kappa shape index (κ1) is 17.1. The van der Waals surface area contributed by atoms with Crippen LogP contribution < -0.4 is 11.2 Å². The van der Waals surface area contributed by atoms with Gasteiger partial charge in [0.2, 0.25) is 0 Å². The van der Waals surface area contributed by atoms with Gasteiger partial charge in [-0.05, 0) is 23.5 Å². The molecule has 4 rings (SSSR count). The number of carbonyl (C=O) groups is 1. The van der Waals surface area contributed by atoms with Gasteiger partial charge < -0.3 is 0 Å². The van der Waals surface area contributed by atoms with Crippen LogP contribution >= 0.6 is 0 Å². The highest BCUT2D eigenvalue weighted by molar-refractivity contribution is 6.02. The first-order valence-electron chi connectivity index (χ1n) is 8.81. The molecule has 0 radical (unpaired) electrons. The summed E-state index contributed by atoms with van der Waals surface area (Å²) in [6.07, 6.45) is 6.47. The van der Waals surface area contributed by atoms with E-state index in [-0.39, 0.29) is 11.7 Å². The fourth-order valence-corrected chi connectivity index (χ4v) is 3.67. The van der Waals surface area contributed by atoms with Gasteiger partial charge in [-0.25, -0.2) is 9.78 Å². The number of benzene rings is 1. The minimum atomic E-state index is -0.428. The number of hydrogen-bond acceptors (Lipinski definition) is 4. The molecule has 6 heteroatoms. The molecule has 0 saturated carbocycles. The molecule has 2 heterocycles. The number of pyridine rings is 1. The SMILES string of the molecule is Cn1c(=O)c2c3c(cnc2n(C)c1=O)C(=O)C[C@@H](/C=C/c1ccccc1)C3. The van der Waals surface area contributed by atoms with Crippen molar-refractivity contribution < 1.29 is 4.79 Å². The molecule has 0 aliphatic heterocycles. The number of carbonyl (C=O) groups excluding carboxylic acids is 1. The smallest absolute Gasteiger partial charge is 0.294 e. The third kappa shape index (κ3) is 2.83. The van der Waals surface area contributed by atoms with Crippen molar-refractivity contribution in [1.29, 1.82) is 0 Å². The van der Waals surface area contributed by atoms with E-state index in [1.54, 1.807) is 7.05 Å². The third-order valence-electron chi connectivity index (χ3n) is 5.15. The van der Waals surface area contributed by atoms with Gasteiger partial charge in [-0.3, -0.25) is 18.7 Å². The van der Waals surface area contributed by atoms with Gasteiger partial charge in [0.1, 0.15) is 5.65 Å². The zero-order valence-corrected chi connectivity index (χ0v) is 15.2. The summed E-state index contributed by atoms with van der Waals surface area (Å²) in [5.74, 6) is -0.0259. The molecule has 27 heavy (non-hydrogen) atoms. The van der Waals surface area contributed by atoms with E-state index in [2.05, 4.69) is 4.98 Å². The highest BCUT2D eigenvalue weighted by Gasteiger charge is 2.28. The van der Waals surface area contributed by atoms with Gasteiger partial charge in [-0.1, -0.05) is 42.5 Å². The van der Waals surface area contributed by atoms with E-state index in [0.717, 1.165) is 10.1 Å². The normalized spacial score (nSPS) is 16.8. The maximum atomic E-state index is 12.7. The maximum absolute atomic E-state index is 12.7. The van der Waals surface area contributed by atoms with Crippen molar-refractivity contribution in [3.05, 3.63) is 80.1 Å². The molecule has 2 aromatic heterocycles. The lowest BCUT2D eigenvalue weighted by Crippen LogP contribution is -2.38. The molecule has 0 N–H and O–H groups in total. The first-order valence-corrected chi connectivity index (χ1v) is 8.81. The fourth-order valence-electron chi connectivity index (χ4n) is 3.67. The van der Waals surface area contributed by atoms with Gasteiger partial charge in [0.15, 0.2) is 5.78 Å². The molecule has 0 fully saturated rings. The summed E-state index contributed by atoms with van der Waals surface area (Å²) in [5, 5.41) is 0.364. The lowest BCUT2D eigenvalue weighted by atomic mass is 9.82. The number of fused-ring (bicyclic) bond motifs is 3. The average molecular weight is 361 g/mol. The summed E-state index contributed by atoms with van der Waals surface area (Å²) in [6, 6.07) is 9.88. The first-order chi connectivity index (χ1) is 13.0. The molecule has 6 nitrogen and oxygen atoms in total. The monoisotopic (exact) mass is 361 g/mol. The lowest BCUT2D eigenvalue weighted by molar-refractivity contribution is 0.0959. The van der Waals surface area contributed by atoms with Gasteiger partial charge >= 0.3 is 5.69 Å². The van der Waals surface area contributed by atoms with Crippen molar-refractivity contribution in [2.24, 2.45) is 20.0 Å². The van der Waals surface area contributed by atoms with Crippen LogP contribution in [0.15, 0.2) is 52.2 Å². The number of nitrogens with zero attached hydrogens (tertiary/aromatic N) is 3. The molecule has 0 unspecified atom stereocenters. The van der Waals surface area contributed by atoms with Crippen LogP contribution in [-0.4, -0.2) is 19.9 Å². The largest absolute Gasteiger partial charge is 0.332 e. The molecule has 0 spiro atoms. The third-order valence-corrected chi connectivity index (χ3v) is 5.15. The Morgan fingerprint density at radius 2 is 1.78 bits per heavy atom. The van der Waals surface area contributed by atoms with Gasteiger partial charge in [-0.2, -0.15) is 0 Å². The van der Waals surface area contributed by atoms with E-state index >= 15 is 0 Å². The highest BCUT2D eigenvalue weighted by atomic mass is 16.2. The summed E-state index contributed by atoms with van der Waals surface area (Å²) in [6.45, 7) is 0. The van der Waals surface area contributed by atoms with Crippen molar-refractivity contribution in [1.82, 2.24) is 14.1 Å². The minimum absolute atomic E-state index is 0.00209. The average Bonchev–Trinajstić information content (AvgIpc) is 2.69. The van der Waals surface area contributed by atoms with E-state index in [0.29, 0.717) is 35.0 Å². The van der Waals surface area contributed by atoms with E-state index in [4.69, 9.17) is 0 Å². The second-order valence-corrected chi connectivity index (χ2v) is 6.92. The molecule has 0 bridgehead atoms. The molecular formula is C21H19N3O3. The van der Waals surface area contributed by atoms with Crippen molar-refractivity contribution in [3.63, 3.8) is 0 Å². The van der Waals surface area contributed by atoms with Crippen LogP contribution in [0.4, 0.5) is 0 Å². The van der Waals surface area contributed by atoms with E-state index in [1.807, 2.05) is 42.5 Å². The number of rotatable bonds is 2. The van der Waals surface area contributed by atoms with Crippen molar-refractivity contribution in [3.8, 4) is 0 Å². The van der Waals surface area contributed by atoms with Gasteiger partial charge in [0.25, 0.3) is 5.56 Å². The standard InChI is InChI=1S/C21H19N3O3/c1-23-19-18(20(26)24(2)21(23)27)15-10-14(11-17(25)16(15)12-22-19)9-8-13-6-4-3-5-7-13/h3-9,12,14H,10-11H2,1-2H3/b9-8+/t14-/m0/s1. The van der Waals surface area contributed by atoms with Crippen LogP contribution in [0.3, 0.4) is 0 Å². The zero-order chi connectivity index (χ0) is 19.1. The Morgan fingerprint density at radius 1 is 1.04 bits per heavy atom. The Morgan fingerprint density at radius 3 is 2.52 bits per heavy atom. The van der Waals surface area contributed by atoms with Crippen LogP contribution in [-0.2, 0) is 20.5 Å². The molecule has 3 aromatic rings. The van der Waals surface area contributed by atoms with Crippen molar-refractivity contribution >= 4 is 22.9 Å². The Bertz CT molecular complexity index is 1200. The number of ketones is 1. The second-order valence-electron chi connectivity index (χ2n) is 6.92. The Hall–Kier alpha value is -3.28. The Labute approximate surface area is 155 Å². The minimum Gasteiger partial charge on any atom is -0.294 e. The Kier molecular flexibility index (Phi) is 4.11. The maximum Gasteiger partial charge on any atom is 0.332 e. The number of aromatic nitrogens is 3. The number of hydrogen-bond donors (Lipinski definition) is 0. The van der Waals surface area contributed by atoms with E-state index in [9.17, 15) is 14.4 Å². The van der Waals surface area contributed by atoms with Gasteiger partial charge in [0.05, 0.1) is 5.39 Å². The van der Waals surface area contributed by atoms with Crippen LogP contribution in [0.2, 0.25) is 0 Å². The molecule has 1 atom stereocenters. The predicted octanol–water partition coefficient (Wildman–Crippen LogP) is 2.09. The van der Waals surface area contributed by atoms with Crippen LogP contribution in [0.5, 0.6) is 0 Å². The molecule has 0 saturated heterocycles. The highest BCUT2D eigenvalue weighted by Crippen LogP contribution is 2.29. The summed E-state index contributed by atoms with van der Waals surface area (Å²) in [5.41, 5.74) is 1.73. The quantitative estimate of drug-likeness (QED) is 0.701. The number of allylic oxidation sites excluding steroid dienone is 1. The van der Waals surface area contributed by atoms with Gasteiger partial charge in [0, 0.05) is 32.3 Å². The summed E-state index contributed by atoms with van der Waals surface area (Å²) >= 11 is 0. The van der Waals surface area contributed by atoms with Crippen LogP contribution in [0, 0.1) is 5.92 Å². The molecule has 136 valence electrons. The molecule has 1 aromatic carbocycles. The number of aryl methyl sites for hydroxylation is 1. The molecule has 1 aliphatic carbocycles. The predicted molar refractivity (Wildman–Crippen MR) is 104 cm³/mol. The van der Waals surface area contributed by atoms with Crippen LogP contribution in [0.1, 0.15) is 27.9 Å². The number of Topliss-reactive ketones (excluding diaryl/α,β-unsaturated/α-hetero) is 1. The summed E-state index contributed by atoms with van der Waals surface area (Å²) < 4.78 is 2.42. The zero-order valence-electron chi connectivity index (χ0n) is 15.2. The lowest BCUT2D eigenvalue weighted by Gasteiger charge is -2.22. The summed E-state index contributed by atoms with van der Waals surface area (Å²) in [7, 11) is 3.03. The van der Waals surface area contributed by atoms with Crippen molar-refractivity contribution in [2.75, 3.05) is 0 Å². The van der Waals surface area contributed by atoms with E-state index < -0.39 is 11.2 Å².